The van der Waals surface area contributed by atoms with Crippen molar-refractivity contribution < 1.29 is 8.78 Å². The molecule has 1 aromatic heterocycles. The van der Waals surface area contributed by atoms with Crippen molar-refractivity contribution >= 4 is 0 Å². The normalized spacial score (nSPS) is 10.9. The van der Waals surface area contributed by atoms with Crippen molar-refractivity contribution in [1.82, 2.24) is 15.1 Å². The van der Waals surface area contributed by atoms with Gasteiger partial charge in [0.05, 0.1) is 0 Å². The molecular weight excluding hydrogens is 288 g/mol. The Morgan fingerprint density at radius 3 is 2.77 bits per heavy atom. The van der Waals surface area contributed by atoms with Crippen molar-refractivity contribution in [3.05, 3.63) is 57.5 Å². The van der Waals surface area contributed by atoms with Gasteiger partial charge in [0.25, 0.3) is 0 Å². The molecule has 118 valence electrons. The van der Waals surface area contributed by atoms with E-state index >= 15 is 0 Å². The summed E-state index contributed by atoms with van der Waals surface area (Å²) in [5, 5.41) is 7.30. The minimum Gasteiger partial charge on any atom is -0.311 e. The van der Waals surface area contributed by atoms with Crippen LogP contribution in [0.25, 0.3) is 5.69 Å². The third kappa shape index (κ3) is 3.76. The topological polar surface area (TPSA) is 46.9 Å². The van der Waals surface area contributed by atoms with Crippen LogP contribution in [-0.2, 0) is 6.54 Å². The summed E-state index contributed by atoms with van der Waals surface area (Å²) in [7, 11) is 0. The van der Waals surface area contributed by atoms with E-state index in [4.69, 9.17) is 0 Å². The van der Waals surface area contributed by atoms with Gasteiger partial charge in [-0.3, -0.25) is 4.79 Å². The van der Waals surface area contributed by atoms with E-state index in [2.05, 4.69) is 17.3 Å². The Labute approximate surface area is 127 Å². The molecule has 2 aromatic rings. The van der Waals surface area contributed by atoms with E-state index in [-0.39, 0.29) is 16.8 Å². The second kappa shape index (κ2) is 7.26. The van der Waals surface area contributed by atoms with Crippen molar-refractivity contribution in [3.63, 3.8) is 0 Å². The summed E-state index contributed by atoms with van der Waals surface area (Å²) >= 11 is 0. The van der Waals surface area contributed by atoms with Crippen molar-refractivity contribution in [2.75, 3.05) is 6.54 Å². The number of benzene rings is 1. The third-order valence-corrected chi connectivity index (χ3v) is 3.32. The van der Waals surface area contributed by atoms with E-state index in [0.29, 0.717) is 12.2 Å². The van der Waals surface area contributed by atoms with E-state index in [1.54, 1.807) is 6.92 Å². The van der Waals surface area contributed by atoms with Gasteiger partial charge in [0.1, 0.15) is 23.0 Å². The summed E-state index contributed by atoms with van der Waals surface area (Å²) in [5.74, 6) is -1.15. The number of halogens is 2. The maximum absolute atomic E-state index is 13.9. The molecule has 0 saturated heterocycles. The zero-order chi connectivity index (χ0) is 16.1. The fourth-order valence-electron chi connectivity index (χ4n) is 2.11. The molecule has 0 aliphatic carbocycles. The summed E-state index contributed by atoms with van der Waals surface area (Å²) < 4.78 is 28.5. The molecular formula is C16H19F2N3O. The SMILES string of the molecule is CCCCNCc1nn(-c2cc(F)ccc2F)c(C)cc1=O. The van der Waals surface area contributed by atoms with Crippen LogP contribution in [-0.4, -0.2) is 16.3 Å². The second-order valence-corrected chi connectivity index (χ2v) is 5.13. The number of aromatic nitrogens is 2. The maximum Gasteiger partial charge on any atom is 0.204 e. The molecule has 0 aliphatic rings. The van der Waals surface area contributed by atoms with Crippen molar-refractivity contribution in [3.8, 4) is 5.69 Å². The zero-order valence-corrected chi connectivity index (χ0v) is 12.7. The van der Waals surface area contributed by atoms with Gasteiger partial charge in [-0.1, -0.05) is 13.3 Å². The molecule has 0 radical (unpaired) electrons. The highest BCUT2D eigenvalue weighted by Crippen LogP contribution is 2.15. The molecule has 0 saturated carbocycles. The average Bonchev–Trinajstić information content (AvgIpc) is 2.48. The monoisotopic (exact) mass is 307 g/mol. The first-order valence-electron chi connectivity index (χ1n) is 7.29. The Morgan fingerprint density at radius 2 is 2.05 bits per heavy atom. The molecule has 1 heterocycles. The number of unbranched alkanes of at least 4 members (excludes halogenated alkanes) is 1. The van der Waals surface area contributed by atoms with Crippen LogP contribution in [0.3, 0.4) is 0 Å². The smallest absolute Gasteiger partial charge is 0.204 e. The zero-order valence-electron chi connectivity index (χ0n) is 12.7. The van der Waals surface area contributed by atoms with Gasteiger partial charge in [-0.2, -0.15) is 5.10 Å². The molecule has 6 heteroatoms. The number of hydrogen-bond acceptors (Lipinski definition) is 3. The highest BCUT2D eigenvalue weighted by Gasteiger charge is 2.11. The lowest BCUT2D eigenvalue weighted by Gasteiger charge is -2.12. The molecule has 0 amide bonds. The first kappa shape index (κ1) is 16.3. The van der Waals surface area contributed by atoms with Gasteiger partial charge in [0.15, 0.2) is 0 Å². The standard InChI is InChI=1S/C16H19F2N3O/c1-3-4-7-19-10-14-16(22)8-11(2)21(20-14)15-9-12(17)5-6-13(15)18/h5-6,8-9,19H,3-4,7,10H2,1-2H3. The van der Waals surface area contributed by atoms with E-state index in [1.165, 1.54) is 10.7 Å². The molecule has 1 N–H and O–H groups in total. The van der Waals surface area contributed by atoms with E-state index in [1.807, 2.05) is 0 Å². The number of hydrogen-bond donors (Lipinski definition) is 1. The Hall–Kier alpha value is -2.08. The van der Waals surface area contributed by atoms with Crippen LogP contribution >= 0.6 is 0 Å². The van der Waals surface area contributed by atoms with Gasteiger partial charge < -0.3 is 5.32 Å². The largest absolute Gasteiger partial charge is 0.311 e. The first-order chi connectivity index (χ1) is 10.5. The Kier molecular flexibility index (Phi) is 5.38. The highest BCUT2D eigenvalue weighted by molar-refractivity contribution is 5.34. The van der Waals surface area contributed by atoms with Gasteiger partial charge in [-0.15, -0.1) is 0 Å². The van der Waals surface area contributed by atoms with Crippen LogP contribution in [0.4, 0.5) is 8.78 Å². The second-order valence-electron chi connectivity index (χ2n) is 5.13. The molecule has 4 nitrogen and oxygen atoms in total. The van der Waals surface area contributed by atoms with Crippen molar-refractivity contribution in [2.45, 2.75) is 33.2 Å². The van der Waals surface area contributed by atoms with Crippen LogP contribution in [0.5, 0.6) is 0 Å². The molecule has 0 atom stereocenters. The molecule has 2 rings (SSSR count). The molecule has 1 aromatic carbocycles. The molecule has 0 spiro atoms. The average molecular weight is 307 g/mol. The molecule has 0 fully saturated rings. The number of nitrogens with zero attached hydrogens (tertiary/aromatic N) is 2. The minimum atomic E-state index is -0.592. The Morgan fingerprint density at radius 1 is 1.27 bits per heavy atom. The van der Waals surface area contributed by atoms with Crippen molar-refractivity contribution in [1.29, 1.82) is 0 Å². The summed E-state index contributed by atoms with van der Waals surface area (Å²) in [5.41, 5.74) is 0.513. The fraction of sp³-hybridized carbons (Fsp3) is 0.375. The Bertz CT molecular complexity index is 713. The molecule has 0 aliphatic heterocycles. The van der Waals surface area contributed by atoms with E-state index < -0.39 is 11.6 Å². The summed E-state index contributed by atoms with van der Waals surface area (Å²) in [4.78, 5) is 12.0. The van der Waals surface area contributed by atoms with Crippen LogP contribution in [0.15, 0.2) is 29.1 Å². The lowest BCUT2D eigenvalue weighted by Crippen LogP contribution is -2.25. The summed E-state index contributed by atoms with van der Waals surface area (Å²) in [6, 6.07) is 4.54. The Balaban J connectivity index is 2.35. The summed E-state index contributed by atoms with van der Waals surface area (Å²) in [6.07, 6.45) is 2.05. The van der Waals surface area contributed by atoms with Gasteiger partial charge in [0, 0.05) is 24.4 Å². The van der Waals surface area contributed by atoms with Gasteiger partial charge in [0.2, 0.25) is 5.43 Å². The predicted octanol–water partition coefficient (Wildman–Crippen LogP) is 2.71. The van der Waals surface area contributed by atoms with Crippen molar-refractivity contribution in [2.24, 2.45) is 0 Å². The molecule has 22 heavy (non-hydrogen) atoms. The van der Waals surface area contributed by atoms with E-state index in [0.717, 1.165) is 37.6 Å². The van der Waals surface area contributed by atoms with E-state index in [9.17, 15) is 13.6 Å². The van der Waals surface area contributed by atoms with Crippen LogP contribution in [0, 0.1) is 18.6 Å². The van der Waals surface area contributed by atoms with Gasteiger partial charge in [-0.05, 0) is 32.0 Å². The van der Waals surface area contributed by atoms with Crippen LogP contribution in [0.1, 0.15) is 31.2 Å². The lowest BCUT2D eigenvalue weighted by molar-refractivity contribution is 0.574. The fourth-order valence-corrected chi connectivity index (χ4v) is 2.11. The number of nitrogens with one attached hydrogen (secondary N) is 1. The van der Waals surface area contributed by atoms with Gasteiger partial charge in [-0.25, -0.2) is 13.5 Å². The highest BCUT2D eigenvalue weighted by atomic mass is 19.1. The quantitative estimate of drug-likeness (QED) is 0.835. The third-order valence-electron chi connectivity index (χ3n) is 3.32. The predicted molar refractivity (Wildman–Crippen MR) is 81.1 cm³/mol. The number of aryl methyl sites for hydroxylation is 1. The molecule has 0 unspecified atom stereocenters. The number of rotatable bonds is 6. The maximum atomic E-state index is 13.9. The van der Waals surface area contributed by atoms with Crippen LogP contribution in [0.2, 0.25) is 0 Å². The molecule has 0 bridgehead atoms. The lowest BCUT2D eigenvalue weighted by atomic mass is 10.2. The van der Waals surface area contributed by atoms with Crippen LogP contribution < -0.4 is 10.7 Å². The minimum absolute atomic E-state index is 0.00712. The van der Waals surface area contributed by atoms with Gasteiger partial charge >= 0.3 is 0 Å². The first-order valence-corrected chi connectivity index (χ1v) is 7.29. The summed E-state index contributed by atoms with van der Waals surface area (Å²) in [6.45, 7) is 4.79.